The number of benzene rings is 1. The molecule has 4 rings (SSSR count). The number of carbonyl (C=O) groups excluding carboxylic acids is 1. The number of pyridine rings is 1. The molecule has 0 radical (unpaired) electrons. The number of Topliss-reactive ketones (excluding diaryl/α,β-unsaturated/α-hetero) is 1. The Hall–Kier alpha value is -3.98. The van der Waals surface area contributed by atoms with E-state index in [9.17, 15) is 9.59 Å². The summed E-state index contributed by atoms with van der Waals surface area (Å²) < 4.78 is 11.5. The lowest BCUT2D eigenvalue weighted by Gasteiger charge is -2.32. The third-order valence-electron chi connectivity index (χ3n) is 5.76. The highest BCUT2D eigenvalue weighted by Gasteiger charge is 2.30. The predicted octanol–water partition coefficient (Wildman–Crippen LogP) is 3.78. The van der Waals surface area contributed by atoms with Gasteiger partial charge in [-0.25, -0.2) is 4.98 Å². The molecule has 0 spiro atoms. The molecule has 0 fully saturated rings. The molecule has 35 heavy (non-hydrogen) atoms. The van der Waals surface area contributed by atoms with Gasteiger partial charge in [0.05, 0.1) is 19.0 Å². The molecule has 1 aromatic carbocycles. The van der Waals surface area contributed by atoms with Gasteiger partial charge in [0, 0.05) is 42.9 Å². The summed E-state index contributed by atoms with van der Waals surface area (Å²) in [6, 6.07) is 10.7. The van der Waals surface area contributed by atoms with E-state index in [1.165, 1.54) is 24.1 Å². The van der Waals surface area contributed by atoms with Crippen LogP contribution in [0.4, 0.5) is 5.95 Å². The second kappa shape index (κ2) is 10.1. The highest BCUT2D eigenvalue weighted by atomic mass is 35.5. The smallest absolute Gasteiger partial charge is 0.297 e. The Morgan fingerprint density at radius 2 is 2.06 bits per heavy atom. The summed E-state index contributed by atoms with van der Waals surface area (Å²) in [6.45, 7) is 1.96. The van der Waals surface area contributed by atoms with Crippen molar-refractivity contribution >= 4 is 23.3 Å². The second-order valence-electron chi connectivity index (χ2n) is 8.03. The monoisotopic (exact) mass is 493 g/mol. The lowest BCUT2D eigenvalue weighted by molar-refractivity contribution is 0.0984. The molecular weight excluding hydrogens is 470 g/mol. The van der Waals surface area contributed by atoms with E-state index in [1.54, 1.807) is 25.2 Å². The van der Waals surface area contributed by atoms with E-state index in [2.05, 4.69) is 15.1 Å². The van der Waals surface area contributed by atoms with Gasteiger partial charge in [-0.05, 0) is 30.7 Å². The van der Waals surface area contributed by atoms with E-state index in [0.29, 0.717) is 16.3 Å². The summed E-state index contributed by atoms with van der Waals surface area (Å²) in [5, 5.41) is 4.17. The number of rotatable bonds is 8. The van der Waals surface area contributed by atoms with E-state index >= 15 is 0 Å². The maximum Gasteiger partial charge on any atom is 0.297 e. The topological polar surface area (TPSA) is 103 Å². The van der Waals surface area contributed by atoms with Gasteiger partial charge in [-0.1, -0.05) is 35.0 Å². The van der Waals surface area contributed by atoms with Crippen molar-refractivity contribution in [3.63, 3.8) is 0 Å². The first-order chi connectivity index (χ1) is 16.8. The Kier molecular flexibility index (Phi) is 6.97. The average Bonchev–Trinajstić information content (AvgIpc) is 3.36. The largest absolute Gasteiger partial charge is 0.489 e. The summed E-state index contributed by atoms with van der Waals surface area (Å²) in [6.07, 6.45) is 4.46. The number of ether oxygens (including phenoxy) is 1. The van der Waals surface area contributed by atoms with Crippen LogP contribution in [-0.2, 0) is 13.5 Å². The molecule has 0 saturated heterocycles. The predicted molar refractivity (Wildman–Crippen MR) is 131 cm³/mol. The zero-order valence-corrected chi connectivity index (χ0v) is 20.5. The summed E-state index contributed by atoms with van der Waals surface area (Å²) in [7, 11) is 4.69. The van der Waals surface area contributed by atoms with Crippen LogP contribution in [0.3, 0.4) is 0 Å². The third kappa shape index (κ3) is 4.67. The van der Waals surface area contributed by atoms with E-state index in [4.69, 9.17) is 20.9 Å². The van der Waals surface area contributed by atoms with Crippen LogP contribution in [0.15, 0.2) is 64.4 Å². The number of hydrogen-bond donors (Lipinski definition) is 0. The molecule has 0 aliphatic carbocycles. The molecule has 0 amide bonds. The number of anilines is 1. The van der Waals surface area contributed by atoms with Gasteiger partial charge in [-0.2, -0.15) is 0 Å². The van der Waals surface area contributed by atoms with Crippen LogP contribution in [0.1, 0.15) is 38.9 Å². The molecule has 0 bridgehead atoms. The van der Waals surface area contributed by atoms with E-state index in [1.807, 2.05) is 43.3 Å². The number of hydrogen-bond acceptors (Lipinski definition) is 8. The highest BCUT2D eigenvalue weighted by Crippen LogP contribution is 2.36. The van der Waals surface area contributed by atoms with Gasteiger partial charge in [-0.15, -0.1) is 0 Å². The maximum absolute atomic E-state index is 13.2. The van der Waals surface area contributed by atoms with Crippen molar-refractivity contribution in [2.75, 3.05) is 19.1 Å². The fourth-order valence-electron chi connectivity index (χ4n) is 4.03. The van der Waals surface area contributed by atoms with Crippen molar-refractivity contribution in [1.29, 1.82) is 0 Å². The molecule has 9 nitrogen and oxygen atoms in total. The Labute approximate surface area is 206 Å². The first-order valence-corrected chi connectivity index (χ1v) is 11.2. The lowest BCUT2D eigenvalue weighted by atomic mass is 9.97. The molecule has 4 aromatic rings. The van der Waals surface area contributed by atoms with Crippen molar-refractivity contribution in [3.8, 4) is 5.75 Å². The fraction of sp³-hybridized carbons (Fsp3) is 0.240. The Morgan fingerprint density at radius 3 is 2.69 bits per heavy atom. The maximum atomic E-state index is 13.2. The van der Waals surface area contributed by atoms with Crippen LogP contribution in [0.2, 0.25) is 5.02 Å². The van der Waals surface area contributed by atoms with Gasteiger partial charge >= 0.3 is 0 Å². The third-order valence-corrected chi connectivity index (χ3v) is 6.09. The minimum Gasteiger partial charge on any atom is -0.489 e. The van der Waals surface area contributed by atoms with Gasteiger partial charge in [0.15, 0.2) is 11.5 Å². The highest BCUT2D eigenvalue weighted by molar-refractivity contribution is 6.31. The van der Waals surface area contributed by atoms with E-state index in [-0.39, 0.29) is 23.8 Å². The van der Waals surface area contributed by atoms with Crippen molar-refractivity contribution in [1.82, 2.24) is 19.7 Å². The lowest BCUT2D eigenvalue weighted by Crippen LogP contribution is -2.35. The van der Waals surface area contributed by atoms with Crippen LogP contribution in [0, 0.1) is 6.92 Å². The van der Waals surface area contributed by atoms with Gasteiger partial charge in [0.2, 0.25) is 11.7 Å². The minimum atomic E-state index is -0.492. The Morgan fingerprint density at radius 1 is 1.26 bits per heavy atom. The number of aryl methyl sites for hydroxylation is 1. The summed E-state index contributed by atoms with van der Waals surface area (Å²) in [4.78, 5) is 37.3. The summed E-state index contributed by atoms with van der Waals surface area (Å²) in [5.74, 6) is -0.283. The van der Waals surface area contributed by atoms with Crippen LogP contribution in [0.25, 0.3) is 0 Å². The average molecular weight is 494 g/mol. The van der Waals surface area contributed by atoms with E-state index < -0.39 is 17.4 Å². The van der Waals surface area contributed by atoms with E-state index in [0.717, 1.165) is 11.1 Å². The van der Waals surface area contributed by atoms with Crippen LogP contribution in [0.5, 0.6) is 5.75 Å². The van der Waals surface area contributed by atoms with Crippen molar-refractivity contribution in [3.05, 3.63) is 98.5 Å². The fourth-order valence-corrected chi connectivity index (χ4v) is 4.35. The molecule has 10 heteroatoms. The number of methoxy groups -OCH3 is 1. The van der Waals surface area contributed by atoms with Crippen molar-refractivity contribution in [2.24, 2.45) is 7.05 Å². The molecule has 0 aliphatic rings. The summed E-state index contributed by atoms with van der Waals surface area (Å²) >= 11 is 6.65. The normalized spacial score (nSPS) is 11.8. The number of ketones is 1. The quantitative estimate of drug-likeness (QED) is 0.341. The number of halogens is 1. The first kappa shape index (κ1) is 24.2. The molecule has 3 heterocycles. The van der Waals surface area contributed by atoms with Crippen LogP contribution in [-0.4, -0.2) is 39.6 Å². The zero-order valence-electron chi connectivity index (χ0n) is 19.7. The van der Waals surface area contributed by atoms with Gasteiger partial charge in [0.25, 0.3) is 5.56 Å². The standard InChI is InChI=1S/C25H24ClN5O4/c1-15-8-7-9-17(26)20(15)22(18-10-5-6-11-27-18)30(2)25-29-21(23(34-4)24(33)31(25)3)19(32)12-16-13-28-35-14-16/h5-11,13-14,22H,12H2,1-4H3. The van der Waals surface area contributed by atoms with Gasteiger partial charge in [0.1, 0.15) is 12.3 Å². The molecule has 180 valence electrons. The Balaban J connectivity index is 1.89. The summed E-state index contributed by atoms with van der Waals surface area (Å²) in [5.41, 5.74) is 2.46. The van der Waals surface area contributed by atoms with Crippen molar-refractivity contribution < 1.29 is 14.1 Å². The number of carbonyl (C=O) groups is 1. The van der Waals surface area contributed by atoms with Crippen molar-refractivity contribution in [2.45, 2.75) is 19.4 Å². The first-order valence-electron chi connectivity index (χ1n) is 10.8. The SMILES string of the molecule is COc1c(C(=O)Cc2cnoc2)nc(N(C)C(c2ccccn2)c2c(C)cccc2Cl)n(C)c1=O. The number of aromatic nitrogens is 4. The van der Waals surface area contributed by atoms with Crippen LogP contribution >= 0.6 is 11.6 Å². The second-order valence-corrected chi connectivity index (χ2v) is 8.44. The van der Waals surface area contributed by atoms with Gasteiger partial charge in [-0.3, -0.25) is 19.1 Å². The minimum absolute atomic E-state index is 0.0452. The van der Waals surface area contributed by atoms with Crippen LogP contribution < -0.4 is 15.2 Å². The van der Waals surface area contributed by atoms with Gasteiger partial charge < -0.3 is 14.2 Å². The molecule has 0 saturated carbocycles. The molecule has 0 aliphatic heterocycles. The zero-order chi connectivity index (χ0) is 25.1. The molecule has 0 N–H and O–H groups in total. The Bertz CT molecular complexity index is 1380. The number of nitrogens with zero attached hydrogens (tertiary/aromatic N) is 5. The molecule has 1 atom stereocenters. The molecule has 3 aromatic heterocycles. The molecule has 1 unspecified atom stereocenters. The molecular formula is C25H24ClN5O4.